The molecule has 0 bridgehead atoms. The summed E-state index contributed by atoms with van der Waals surface area (Å²) in [5.41, 5.74) is 0.298. The summed E-state index contributed by atoms with van der Waals surface area (Å²) >= 11 is 0. The highest BCUT2D eigenvalue weighted by molar-refractivity contribution is 5.58. The van der Waals surface area contributed by atoms with Gasteiger partial charge in [-0.05, 0) is 31.7 Å². The van der Waals surface area contributed by atoms with E-state index in [2.05, 4.69) is 0 Å². The van der Waals surface area contributed by atoms with Gasteiger partial charge < -0.3 is 10.0 Å². The van der Waals surface area contributed by atoms with E-state index in [-0.39, 0.29) is 0 Å². The van der Waals surface area contributed by atoms with Gasteiger partial charge in [0.05, 0.1) is 5.60 Å². The van der Waals surface area contributed by atoms with Gasteiger partial charge in [0.25, 0.3) is 0 Å². The number of hydrogen-bond donors (Lipinski definition) is 1. The van der Waals surface area contributed by atoms with E-state index in [4.69, 9.17) is 0 Å². The van der Waals surface area contributed by atoms with E-state index in [9.17, 15) is 13.9 Å². The van der Waals surface area contributed by atoms with Crippen LogP contribution in [0.2, 0.25) is 0 Å². The van der Waals surface area contributed by atoms with Crippen molar-refractivity contribution >= 4 is 5.69 Å². The molecule has 0 spiro atoms. The largest absolute Gasteiger partial charge is 0.385 e. The third-order valence-electron chi connectivity index (χ3n) is 3.71. The molecule has 1 N–H and O–H groups in total. The van der Waals surface area contributed by atoms with Crippen LogP contribution in [0, 0.1) is 11.6 Å². The van der Waals surface area contributed by atoms with Crippen LogP contribution in [0.4, 0.5) is 14.5 Å². The van der Waals surface area contributed by atoms with Crippen molar-refractivity contribution < 1.29 is 13.9 Å². The Morgan fingerprint density at radius 2 is 1.65 bits per heavy atom. The van der Waals surface area contributed by atoms with E-state index in [0.717, 1.165) is 32.0 Å². The Morgan fingerprint density at radius 3 is 2.24 bits per heavy atom. The first kappa shape index (κ1) is 11.0. The minimum atomic E-state index is -0.924. The SMILES string of the molecule is OC1(c2cc(F)c(F)cc2N2CCCC2)CC1. The molecule has 2 aliphatic rings. The standard InChI is InChI=1S/C13H15F2NO/c14-10-7-9(13(17)3-4-13)12(8-11(10)15)16-5-1-2-6-16/h7-8,17H,1-6H2. The Kier molecular flexibility index (Phi) is 2.36. The van der Waals surface area contributed by atoms with Crippen LogP contribution in [-0.4, -0.2) is 18.2 Å². The van der Waals surface area contributed by atoms with Gasteiger partial charge in [-0.1, -0.05) is 0 Å². The maximum Gasteiger partial charge on any atom is 0.160 e. The normalized spacial score (nSPS) is 21.9. The summed E-state index contributed by atoms with van der Waals surface area (Å²) in [6, 6.07) is 2.39. The number of benzene rings is 1. The summed E-state index contributed by atoms with van der Waals surface area (Å²) in [4.78, 5) is 2.04. The van der Waals surface area contributed by atoms with E-state index in [1.165, 1.54) is 6.07 Å². The molecule has 3 rings (SSSR count). The number of halogens is 2. The maximum absolute atomic E-state index is 13.3. The van der Waals surface area contributed by atoms with Crippen molar-refractivity contribution in [2.75, 3.05) is 18.0 Å². The Morgan fingerprint density at radius 1 is 1.06 bits per heavy atom. The molecule has 0 atom stereocenters. The van der Waals surface area contributed by atoms with Crippen LogP contribution in [0.15, 0.2) is 12.1 Å². The monoisotopic (exact) mass is 239 g/mol. The summed E-state index contributed by atoms with van der Waals surface area (Å²) in [6.45, 7) is 1.71. The molecule has 17 heavy (non-hydrogen) atoms. The lowest BCUT2D eigenvalue weighted by Crippen LogP contribution is -2.22. The second-order valence-corrected chi connectivity index (χ2v) is 5.01. The van der Waals surface area contributed by atoms with E-state index in [0.29, 0.717) is 24.1 Å². The highest BCUT2D eigenvalue weighted by atomic mass is 19.2. The van der Waals surface area contributed by atoms with Crippen molar-refractivity contribution in [1.82, 2.24) is 0 Å². The number of anilines is 1. The predicted molar refractivity (Wildman–Crippen MR) is 60.9 cm³/mol. The van der Waals surface area contributed by atoms with Gasteiger partial charge in [0, 0.05) is 30.4 Å². The first-order valence-electron chi connectivity index (χ1n) is 6.07. The Bertz CT molecular complexity index is 451. The fraction of sp³-hybridized carbons (Fsp3) is 0.538. The fourth-order valence-corrected chi connectivity index (χ4v) is 2.52. The Balaban J connectivity index is 2.07. The van der Waals surface area contributed by atoms with Crippen LogP contribution in [0.3, 0.4) is 0 Å². The van der Waals surface area contributed by atoms with Crippen LogP contribution in [0.25, 0.3) is 0 Å². The first-order chi connectivity index (χ1) is 8.10. The average molecular weight is 239 g/mol. The summed E-state index contributed by atoms with van der Waals surface area (Å²) in [5.74, 6) is -1.71. The van der Waals surface area contributed by atoms with Gasteiger partial charge in [-0.25, -0.2) is 8.78 Å². The minimum Gasteiger partial charge on any atom is -0.385 e. The molecule has 1 aliphatic heterocycles. The molecule has 0 amide bonds. The molecular formula is C13H15F2NO. The molecule has 1 saturated heterocycles. The third-order valence-corrected chi connectivity index (χ3v) is 3.71. The maximum atomic E-state index is 13.3. The van der Waals surface area contributed by atoms with Crippen molar-refractivity contribution in [1.29, 1.82) is 0 Å². The summed E-state index contributed by atoms with van der Waals surface area (Å²) < 4.78 is 26.6. The summed E-state index contributed by atoms with van der Waals surface area (Å²) in [6.07, 6.45) is 3.41. The summed E-state index contributed by atoms with van der Waals surface area (Å²) in [5, 5.41) is 10.1. The van der Waals surface area contributed by atoms with Crippen molar-refractivity contribution in [3.63, 3.8) is 0 Å². The molecule has 0 radical (unpaired) electrons. The highest BCUT2D eigenvalue weighted by Crippen LogP contribution is 2.49. The number of rotatable bonds is 2. The van der Waals surface area contributed by atoms with Crippen molar-refractivity contribution in [3.8, 4) is 0 Å². The van der Waals surface area contributed by atoms with Crippen molar-refractivity contribution in [2.45, 2.75) is 31.3 Å². The molecule has 0 aromatic heterocycles. The van der Waals surface area contributed by atoms with Crippen LogP contribution in [0.5, 0.6) is 0 Å². The number of hydrogen-bond acceptors (Lipinski definition) is 2. The molecule has 1 heterocycles. The lowest BCUT2D eigenvalue weighted by molar-refractivity contribution is 0.151. The van der Waals surface area contributed by atoms with Crippen LogP contribution >= 0.6 is 0 Å². The number of aliphatic hydroxyl groups is 1. The molecule has 2 nitrogen and oxygen atoms in total. The zero-order valence-electron chi connectivity index (χ0n) is 9.55. The first-order valence-corrected chi connectivity index (χ1v) is 6.07. The number of nitrogens with zero attached hydrogens (tertiary/aromatic N) is 1. The van der Waals surface area contributed by atoms with Crippen LogP contribution in [-0.2, 0) is 5.60 Å². The molecule has 1 aliphatic carbocycles. The third kappa shape index (κ3) is 1.80. The lowest BCUT2D eigenvalue weighted by Gasteiger charge is -2.24. The topological polar surface area (TPSA) is 23.5 Å². The van der Waals surface area contributed by atoms with Gasteiger partial charge in [-0.2, -0.15) is 0 Å². The smallest absolute Gasteiger partial charge is 0.160 e. The summed E-state index contributed by atoms with van der Waals surface area (Å²) in [7, 11) is 0. The molecule has 92 valence electrons. The molecule has 4 heteroatoms. The van der Waals surface area contributed by atoms with Crippen molar-refractivity contribution in [3.05, 3.63) is 29.3 Å². The molecule has 1 aromatic carbocycles. The molecular weight excluding hydrogens is 224 g/mol. The lowest BCUT2D eigenvalue weighted by atomic mass is 10.0. The van der Waals surface area contributed by atoms with Gasteiger partial charge >= 0.3 is 0 Å². The zero-order chi connectivity index (χ0) is 12.0. The van der Waals surface area contributed by atoms with E-state index in [1.54, 1.807) is 0 Å². The van der Waals surface area contributed by atoms with Crippen LogP contribution < -0.4 is 4.90 Å². The van der Waals surface area contributed by atoms with Gasteiger partial charge in [-0.15, -0.1) is 0 Å². The second-order valence-electron chi connectivity index (χ2n) is 5.01. The average Bonchev–Trinajstić information content (AvgIpc) is 2.84. The quantitative estimate of drug-likeness (QED) is 0.857. The second kappa shape index (κ2) is 3.67. The van der Waals surface area contributed by atoms with Gasteiger partial charge in [0.15, 0.2) is 11.6 Å². The van der Waals surface area contributed by atoms with E-state index >= 15 is 0 Å². The van der Waals surface area contributed by atoms with E-state index in [1.807, 2.05) is 4.90 Å². The van der Waals surface area contributed by atoms with Gasteiger partial charge in [-0.3, -0.25) is 0 Å². The molecule has 2 fully saturated rings. The Labute approximate surface area is 98.9 Å². The molecule has 1 aromatic rings. The zero-order valence-corrected chi connectivity index (χ0v) is 9.55. The fourth-order valence-electron chi connectivity index (χ4n) is 2.52. The van der Waals surface area contributed by atoms with Gasteiger partial charge in [0.2, 0.25) is 0 Å². The highest BCUT2D eigenvalue weighted by Gasteiger charge is 2.45. The van der Waals surface area contributed by atoms with Crippen LogP contribution in [0.1, 0.15) is 31.2 Å². The molecule has 1 saturated carbocycles. The minimum absolute atomic E-state index is 0.554. The van der Waals surface area contributed by atoms with Crippen molar-refractivity contribution in [2.24, 2.45) is 0 Å². The Hall–Kier alpha value is -1.16. The predicted octanol–water partition coefficient (Wildman–Crippen LogP) is 2.55. The molecule has 0 unspecified atom stereocenters. The van der Waals surface area contributed by atoms with Gasteiger partial charge in [0.1, 0.15) is 0 Å². The van der Waals surface area contributed by atoms with E-state index < -0.39 is 17.2 Å².